The highest BCUT2D eigenvalue weighted by molar-refractivity contribution is 5.81. The van der Waals surface area contributed by atoms with Gasteiger partial charge in [0.15, 0.2) is 11.6 Å². The van der Waals surface area contributed by atoms with Crippen molar-refractivity contribution in [3.05, 3.63) is 36.7 Å². The molecule has 0 N–H and O–H groups in total. The van der Waals surface area contributed by atoms with Crippen molar-refractivity contribution in [3.8, 4) is 0 Å². The lowest BCUT2D eigenvalue weighted by molar-refractivity contribution is 0.347. The summed E-state index contributed by atoms with van der Waals surface area (Å²) in [5.41, 5.74) is 1.97. The summed E-state index contributed by atoms with van der Waals surface area (Å²) in [7, 11) is 0. The molecule has 0 aliphatic carbocycles. The van der Waals surface area contributed by atoms with Crippen LogP contribution in [0.1, 0.15) is 25.7 Å². The van der Waals surface area contributed by atoms with Crippen LogP contribution in [-0.2, 0) is 6.54 Å². The van der Waals surface area contributed by atoms with E-state index in [0.29, 0.717) is 5.92 Å². The van der Waals surface area contributed by atoms with Gasteiger partial charge in [-0.1, -0.05) is 17.3 Å². The van der Waals surface area contributed by atoms with Crippen LogP contribution in [0, 0.1) is 5.92 Å². The van der Waals surface area contributed by atoms with Crippen molar-refractivity contribution in [1.82, 2.24) is 25.0 Å². The first-order chi connectivity index (χ1) is 13.4. The van der Waals surface area contributed by atoms with E-state index in [4.69, 9.17) is 9.97 Å². The van der Waals surface area contributed by atoms with Crippen molar-refractivity contribution in [2.75, 3.05) is 36.0 Å². The Morgan fingerprint density at radius 2 is 1.59 bits per heavy atom. The van der Waals surface area contributed by atoms with Crippen LogP contribution in [0.5, 0.6) is 0 Å². The molecule has 0 bridgehead atoms. The van der Waals surface area contributed by atoms with Gasteiger partial charge >= 0.3 is 0 Å². The molecule has 27 heavy (non-hydrogen) atoms. The van der Waals surface area contributed by atoms with Gasteiger partial charge in [0.25, 0.3) is 0 Å². The number of nitrogens with zero attached hydrogens (tertiary/aromatic N) is 7. The second-order valence-electron chi connectivity index (χ2n) is 7.63. The number of hydrogen-bond acceptors (Lipinski definition) is 6. The van der Waals surface area contributed by atoms with Crippen LogP contribution in [-0.4, -0.2) is 51.1 Å². The fraction of sp³-hybridized carbons (Fsp3) is 0.500. The quantitative estimate of drug-likeness (QED) is 0.710. The van der Waals surface area contributed by atoms with Crippen LogP contribution < -0.4 is 9.80 Å². The van der Waals surface area contributed by atoms with Crippen LogP contribution in [0.15, 0.2) is 36.7 Å². The third-order valence-corrected chi connectivity index (χ3v) is 5.68. The lowest BCUT2D eigenvalue weighted by atomic mass is 9.98. The fourth-order valence-corrected chi connectivity index (χ4v) is 4.34. The smallest absolute Gasteiger partial charge is 0.172 e. The standard InChI is InChI=1S/C20H25N7/c1-2-8-18-17(7-1)22-19(25-10-3-4-11-25)20(23-18)26-12-5-6-16(14-26)15-27-13-9-21-24-27/h1-2,7-9,13,16H,3-6,10-12,14-15H2. The summed E-state index contributed by atoms with van der Waals surface area (Å²) in [5, 5.41) is 8.08. The van der Waals surface area contributed by atoms with E-state index in [9.17, 15) is 0 Å². The number of piperidine rings is 1. The van der Waals surface area contributed by atoms with E-state index in [0.717, 1.165) is 55.4 Å². The lowest BCUT2D eigenvalue weighted by Gasteiger charge is -2.35. The second-order valence-corrected chi connectivity index (χ2v) is 7.63. The minimum absolute atomic E-state index is 0.556. The predicted octanol–water partition coefficient (Wildman–Crippen LogP) is 2.74. The summed E-state index contributed by atoms with van der Waals surface area (Å²) < 4.78 is 1.95. The summed E-state index contributed by atoms with van der Waals surface area (Å²) in [6.45, 7) is 5.11. The van der Waals surface area contributed by atoms with Crippen LogP contribution in [0.2, 0.25) is 0 Å². The zero-order chi connectivity index (χ0) is 18.1. The molecule has 2 aliphatic rings. The molecule has 1 unspecified atom stereocenters. The van der Waals surface area contributed by atoms with E-state index >= 15 is 0 Å². The van der Waals surface area contributed by atoms with E-state index < -0.39 is 0 Å². The summed E-state index contributed by atoms with van der Waals surface area (Å²) in [5.74, 6) is 2.67. The Hall–Kier alpha value is -2.70. The summed E-state index contributed by atoms with van der Waals surface area (Å²) in [4.78, 5) is 14.9. The van der Waals surface area contributed by atoms with Crippen molar-refractivity contribution in [2.24, 2.45) is 5.92 Å². The minimum atomic E-state index is 0.556. The Morgan fingerprint density at radius 3 is 2.30 bits per heavy atom. The molecule has 2 saturated heterocycles. The zero-order valence-corrected chi connectivity index (χ0v) is 15.5. The summed E-state index contributed by atoms with van der Waals surface area (Å²) in [6.07, 6.45) is 8.57. The first-order valence-corrected chi connectivity index (χ1v) is 9.97. The predicted molar refractivity (Wildman–Crippen MR) is 106 cm³/mol. The molecule has 1 aromatic carbocycles. The average Bonchev–Trinajstić information content (AvgIpc) is 3.41. The lowest BCUT2D eigenvalue weighted by Crippen LogP contribution is -2.39. The maximum atomic E-state index is 5.06. The molecule has 140 valence electrons. The molecular formula is C20H25N7. The maximum absolute atomic E-state index is 5.06. The van der Waals surface area contributed by atoms with Gasteiger partial charge in [0.05, 0.1) is 17.2 Å². The summed E-state index contributed by atoms with van der Waals surface area (Å²) in [6, 6.07) is 8.21. The Labute approximate surface area is 159 Å². The van der Waals surface area contributed by atoms with Gasteiger partial charge in [-0.2, -0.15) is 0 Å². The van der Waals surface area contributed by atoms with Crippen molar-refractivity contribution in [2.45, 2.75) is 32.2 Å². The largest absolute Gasteiger partial charge is 0.354 e. The number of rotatable bonds is 4. The number of benzene rings is 1. The van der Waals surface area contributed by atoms with Crippen LogP contribution >= 0.6 is 0 Å². The SMILES string of the molecule is c1ccc2nc(N3CCCC(Cn4ccnn4)C3)c(N3CCCC3)nc2c1. The molecule has 7 heteroatoms. The number of hydrogen-bond donors (Lipinski definition) is 0. The topological polar surface area (TPSA) is 63.0 Å². The average molecular weight is 363 g/mol. The highest BCUT2D eigenvalue weighted by atomic mass is 15.4. The van der Waals surface area contributed by atoms with E-state index in [1.54, 1.807) is 6.20 Å². The number of anilines is 2. The van der Waals surface area contributed by atoms with Gasteiger partial charge in [-0.15, -0.1) is 5.10 Å². The Balaban J connectivity index is 1.47. The van der Waals surface area contributed by atoms with Gasteiger partial charge in [-0.3, -0.25) is 4.68 Å². The van der Waals surface area contributed by atoms with Gasteiger partial charge in [0, 0.05) is 38.9 Å². The first kappa shape index (κ1) is 16.5. The third kappa shape index (κ3) is 3.34. The molecule has 7 nitrogen and oxygen atoms in total. The number of aromatic nitrogens is 5. The van der Waals surface area contributed by atoms with Crippen LogP contribution in [0.3, 0.4) is 0 Å². The maximum Gasteiger partial charge on any atom is 0.172 e. The first-order valence-electron chi connectivity index (χ1n) is 9.97. The van der Waals surface area contributed by atoms with E-state index in [1.807, 2.05) is 23.0 Å². The molecule has 0 spiro atoms. The van der Waals surface area contributed by atoms with E-state index in [-0.39, 0.29) is 0 Å². The Kier molecular flexibility index (Phi) is 4.35. The highest BCUT2D eigenvalue weighted by Gasteiger charge is 2.27. The molecule has 0 amide bonds. The van der Waals surface area contributed by atoms with Crippen LogP contribution in [0.25, 0.3) is 11.0 Å². The molecule has 0 radical (unpaired) electrons. The van der Waals surface area contributed by atoms with Gasteiger partial charge in [-0.05, 0) is 43.7 Å². The molecule has 2 fully saturated rings. The number of fused-ring (bicyclic) bond motifs is 1. The Morgan fingerprint density at radius 1 is 0.889 bits per heavy atom. The molecule has 1 atom stereocenters. The molecule has 2 aliphatic heterocycles. The monoisotopic (exact) mass is 363 g/mol. The molecule has 5 rings (SSSR count). The molecule has 4 heterocycles. The molecule has 2 aromatic heterocycles. The van der Waals surface area contributed by atoms with Crippen molar-refractivity contribution < 1.29 is 0 Å². The van der Waals surface area contributed by atoms with Crippen molar-refractivity contribution in [3.63, 3.8) is 0 Å². The van der Waals surface area contributed by atoms with Gasteiger partial charge in [0.1, 0.15) is 0 Å². The van der Waals surface area contributed by atoms with Gasteiger partial charge in [0.2, 0.25) is 0 Å². The minimum Gasteiger partial charge on any atom is -0.354 e. The highest BCUT2D eigenvalue weighted by Crippen LogP contribution is 2.33. The Bertz CT molecular complexity index is 902. The van der Waals surface area contributed by atoms with E-state index in [1.165, 1.54) is 25.7 Å². The number of para-hydroxylation sites is 2. The summed E-state index contributed by atoms with van der Waals surface area (Å²) >= 11 is 0. The van der Waals surface area contributed by atoms with Crippen molar-refractivity contribution >= 4 is 22.7 Å². The van der Waals surface area contributed by atoms with E-state index in [2.05, 4.69) is 32.2 Å². The normalized spacial score (nSPS) is 20.5. The van der Waals surface area contributed by atoms with Crippen LogP contribution in [0.4, 0.5) is 11.6 Å². The third-order valence-electron chi connectivity index (χ3n) is 5.68. The molecule has 0 saturated carbocycles. The molecule has 3 aromatic rings. The zero-order valence-electron chi connectivity index (χ0n) is 15.5. The van der Waals surface area contributed by atoms with Gasteiger partial charge < -0.3 is 9.80 Å². The van der Waals surface area contributed by atoms with Gasteiger partial charge in [-0.25, -0.2) is 9.97 Å². The molecular weight excluding hydrogens is 338 g/mol. The second kappa shape index (κ2) is 7.13. The fourth-order valence-electron chi connectivity index (χ4n) is 4.34. The van der Waals surface area contributed by atoms with Crippen molar-refractivity contribution in [1.29, 1.82) is 0 Å².